The van der Waals surface area contributed by atoms with Gasteiger partial charge >= 0.3 is 0 Å². The second-order valence-corrected chi connectivity index (χ2v) is 7.81. The van der Waals surface area contributed by atoms with Crippen LogP contribution < -0.4 is 5.73 Å². The highest BCUT2D eigenvalue weighted by atomic mass is 16.5. The average Bonchev–Trinajstić information content (AvgIpc) is 2.69. The molecule has 0 bridgehead atoms. The number of ether oxygens (including phenoxy) is 1. The Morgan fingerprint density at radius 1 is 0.889 bits per heavy atom. The number of carbonyl (C=O) groups is 2. The Labute approximate surface area is 160 Å². The molecule has 4 atom stereocenters. The van der Waals surface area contributed by atoms with Crippen LogP contribution in [0, 0.1) is 0 Å². The fourth-order valence-electron chi connectivity index (χ4n) is 4.47. The van der Waals surface area contributed by atoms with Crippen molar-refractivity contribution in [2.24, 2.45) is 5.73 Å². The van der Waals surface area contributed by atoms with Crippen molar-refractivity contribution in [3.8, 4) is 0 Å². The van der Waals surface area contributed by atoms with E-state index in [2.05, 4.69) is 0 Å². The largest absolute Gasteiger partial charge is 0.387 e. The third kappa shape index (κ3) is 5.40. The van der Waals surface area contributed by atoms with Crippen molar-refractivity contribution < 1.29 is 29.6 Å². The van der Waals surface area contributed by atoms with E-state index in [9.17, 15) is 24.9 Å². The number of rotatable bonds is 8. The Morgan fingerprint density at radius 2 is 1.33 bits per heavy atom. The first-order valence-electron chi connectivity index (χ1n) is 10.1. The van der Waals surface area contributed by atoms with Crippen LogP contribution in [0.1, 0.15) is 64.2 Å². The Bertz CT molecular complexity index is 473. The van der Waals surface area contributed by atoms with Crippen LogP contribution >= 0.6 is 0 Å². The lowest BCUT2D eigenvalue weighted by Gasteiger charge is -2.43. The summed E-state index contributed by atoms with van der Waals surface area (Å²) in [5, 5.41) is 30.6. The van der Waals surface area contributed by atoms with Gasteiger partial charge in [0.25, 0.3) is 5.91 Å². The van der Waals surface area contributed by atoms with Crippen molar-refractivity contribution in [2.75, 3.05) is 7.11 Å². The number of hydrogen-bond acceptors (Lipinski definition) is 6. The molecule has 8 heteroatoms. The molecule has 5 N–H and O–H groups in total. The second-order valence-electron chi connectivity index (χ2n) is 7.81. The Morgan fingerprint density at radius 3 is 1.70 bits per heavy atom. The molecular formula is C19H34N2O6. The van der Waals surface area contributed by atoms with Crippen LogP contribution in [0.25, 0.3) is 0 Å². The van der Waals surface area contributed by atoms with Gasteiger partial charge in [-0.05, 0) is 25.7 Å². The Hall–Kier alpha value is -1.22. The highest BCUT2D eigenvalue weighted by Gasteiger charge is 2.43. The van der Waals surface area contributed by atoms with E-state index in [1.54, 1.807) is 4.90 Å². The molecule has 2 amide bonds. The van der Waals surface area contributed by atoms with Gasteiger partial charge in [0, 0.05) is 19.2 Å². The molecule has 2 fully saturated rings. The van der Waals surface area contributed by atoms with E-state index in [0.717, 1.165) is 64.2 Å². The van der Waals surface area contributed by atoms with Gasteiger partial charge in [-0.1, -0.05) is 38.5 Å². The summed E-state index contributed by atoms with van der Waals surface area (Å²) in [5.74, 6) is -1.64. The molecule has 27 heavy (non-hydrogen) atoms. The number of amides is 2. The Balaban J connectivity index is 2.19. The summed E-state index contributed by atoms with van der Waals surface area (Å²) in [5.41, 5.74) is 5.02. The summed E-state index contributed by atoms with van der Waals surface area (Å²) >= 11 is 0. The smallest absolute Gasteiger partial charge is 0.254 e. The van der Waals surface area contributed by atoms with E-state index >= 15 is 0 Å². The molecule has 0 aromatic heterocycles. The first kappa shape index (κ1) is 22.1. The summed E-state index contributed by atoms with van der Waals surface area (Å²) in [6.45, 7) is 0. The molecule has 0 unspecified atom stereocenters. The first-order valence-corrected chi connectivity index (χ1v) is 10.1. The van der Waals surface area contributed by atoms with Crippen LogP contribution in [-0.2, 0) is 14.3 Å². The molecule has 0 aromatic rings. The van der Waals surface area contributed by atoms with E-state index in [0.29, 0.717) is 0 Å². The standard InChI is InChI=1S/C19H34N2O6/c1-27-17(14(22)15(23)18(20)25)16(24)19(26)21(12-8-4-2-5-9-12)13-10-6-3-7-11-13/h12-17,22-24H,2-11H2,1H3,(H2,20,25)/t14-,15+,16-,17+/m1/s1. The second kappa shape index (κ2) is 10.4. The molecule has 8 nitrogen and oxygen atoms in total. The summed E-state index contributed by atoms with van der Waals surface area (Å²) < 4.78 is 5.08. The predicted octanol–water partition coefficient (Wildman–Crippen LogP) is 0.0634. The number of aliphatic hydroxyl groups excluding tert-OH is 3. The topological polar surface area (TPSA) is 133 Å². The van der Waals surface area contributed by atoms with E-state index in [-0.39, 0.29) is 12.1 Å². The molecule has 0 aliphatic heterocycles. The van der Waals surface area contributed by atoms with Crippen LogP contribution in [0.3, 0.4) is 0 Å². The Kier molecular flexibility index (Phi) is 8.47. The number of carbonyl (C=O) groups excluding carboxylic acids is 2. The maximum atomic E-state index is 13.2. The maximum absolute atomic E-state index is 13.2. The van der Waals surface area contributed by atoms with E-state index in [1.165, 1.54) is 7.11 Å². The minimum atomic E-state index is -1.92. The zero-order chi connectivity index (χ0) is 20.0. The molecular weight excluding hydrogens is 352 g/mol. The van der Waals surface area contributed by atoms with Crippen molar-refractivity contribution in [1.82, 2.24) is 4.90 Å². The SMILES string of the molecule is CO[C@@H]([C@H](O)[C@H](O)C(N)=O)[C@@H](O)C(=O)N(C1CCCCC1)C1CCCCC1. The molecule has 2 aliphatic carbocycles. The van der Waals surface area contributed by atoms with Gasteiger partial charge in [0.2, 0.25) is 5.91 Å². The summed E-state index contributed by atoms with van der Waals surface area (Å²) in [7, 11) is 1.21. The highest BCUT2D eigenvalue weighted by molar-refractivity contribution is 5.83. The van der Waals surface area contributed by atoms with Gasteiger partial charge in [0.05, 0.1) is 0 Å². The number of primary amides is 1. The third-order valence-corrected chi connectivity index (χ3v) is 5.98. The van der Waals surface area contributed by atoms with Gasteiger partial charge < -0.3 is 30.7 Å². The number of nitrogens with zero attached hydrogens (tertiary/aromatic N) is 1. The van der Waals surface area contributed by atoms with Crippen LogP contribution in [0.15, 0.2) is 0 Å². The van der Waals surface area contributed by atoms with Crippen LogP contribution in [-0.4, -0.2) is 75.6 Å². The average molecular weight is 386 g/mol. The van der Waals surface area contributed by atoms with Crippen molar-refractivity contribution in [2.45, 2.75) is 101 Å². The van der Waals surface area contributed by atoms with Crippen LogP contribution in [0.5, 0.6) is 0 Å². The quantitative estimate of drug-likeness (QED) is 0.466. The number of nitrogens with two attached hydrogens (primary N) is 1. The zero-order valence-corrected chi connectivity index (χ0v) is 16.1. The zero-order valence-electron chi connectivity index (χ0n) is 16.1. The summed E-state index contributed by atoms with van der Waals surface area (Å²) in [6, 6.07) is 0.138. The third-order valence-electron chi connectivity index (χ3n) is 5.98. The maximum Gasteiger partial charge on any atom is 0.254 e. The molecule has 2 rings (SSSR count). The van der Waals surface area contributed by atoms with Crippen molar-refractivity contribution in [3.63, 3.8) is 0 Å². The van der Waals surface area contributed by atoms with Gasteiger partial charge in [-0.3, -0.25) is 9.59 Å². The lowest BCUT2D eigenvalue weighted by Crippen LogP contribution is -2.59. The van der Waals surface area contributed by atoms with Crippen molar-refractivity contribution >= 4 is 11.8 Å². The van der Waals surface area contributed by atoms with E-state index < -0.39 is 36.2 Å². The first-order chi connectivity index (χ1) is 12.9. The van der Waals surface area contributed by atoms with Crippen molar-refractivity contribution in [1.29, 1.82) is 0 Å². The van der Waals surface area contributed by atoms with Crippen molar-refractivity contribution in [3.05, 3.63) is 0 Å². The molecule has 0 saturated heterocycles. The number of methoxy groups -OCH3 is 1. The molecule has 0 radical (unpaired) electrons. The normalized spacial score (nSPS) is 24.0. The summed E-state index contributed by atoms with van der Waals surface area (Å²) in [4.78, 5) is 26.2. The van der Waals surface area contributed by atoms with Gasteiger partial charge in [-0.15, -0.1) is 0 Å². The van der Waals surface area contributed by atoms with E-state index in [4.69, 9.17) is 10.5 Å². The molecule has 2 saturated carbocycles. The fraction of sp³-hybridized carbons (Fsp3) is 0.895. The molecule has 0 aromatic carbocycles. The monoisotopic (exact) mass is 386 g/mol. The lowest BCUT2D eigenvalue weighted by molar-refractivity contribution is -0.169. The van der Waals surface area contributed by atoms with Gasteiger partial charge in [0.1, 0.15) is 12.2 Å². The summed E-state index contributed by atoms with van der Waals surface area (Å²) in [6.07, 6.45) is 3.28. The van der Waals surface area contributed by atoms with E-state index in [1.807, 2.05) is 0 Å². The molecule has 0 heterocycles. The van der Waals surface area contributed by atoms with Gasteiger partial charge in [-0.2, -0.15) is 0 Å². The number of aliphatic hydroxyl groups is 3. The highest BCUT2D eigenvalue weighted by Crippen LogP contribution is 2.31. The van der Waals surface area contributed by atoms with Crippen LogP contribution in [0.4, 0.5) is 0 Å². The van der Waals surface area contributed by atoms with Gasteiger partial charge in [0.15, 0.2) is 12.2 Å². The minimum Gasteiger partial charge on any atom is -0.387 e. The van der Waals surface area contributed by atoms with Gasteiger partial charge in [-0.25, -0.2) is 0 Å². The fourth-order valence-corrected chi connectivity index (χ4v) is 4.47. The molecule has 2 aliphatic rings. The van der Waals surface area contributed by atoms with Crippen LogP contribution in [0.2, 0.25) is 0 Å². The lowest BCUT2D eigenvalue weighted by atomic mass is 9.87. The minimum absolute atomic E-state index is 0.0692. The molecule has 0 spiro atoms. The molecule has 156 valence electrons. The number of hydrogen-bond donors (Lipinski definition) is 4. The predicted molar refractivity (Wildman–Crippen MR) is 98.6 cm³/mol.